The number of hydrogen-bond acceptors (Lipinski definition) is 3. The van der Waals surface area contributed by atoms with Gasteiger partial charge in [-0.2, -0.15) is 5.10 Å². The van der Waals surface area contributed by atoms with Gasteiger partial charge in [0.15, 0.2) is 0 Å². The maximum atomic E-state index is 13.5. The van der Waals surface area contributed by atoms with E-state index in [0.717, 1.165) is 45.4 Å². The summed E-state index contributed by atoms with van der Waals surface area (Å²) < 4.78 is 6.33. The summed E-state index contributed by atoms with van der Waals surface area (Å²) in [6.07, 6.45) is 5.74. The van der Waals surface area contributed by atoms with Crippen molar-refractivity contribution in [3.05, 3.63) is 69.8 Å². The largest absolute Gasteiger partial charge is 0.497 e. The molecular formula is C24H24BrN3O2. The molecular weight excluding hydrogens is 442 g/mol. The zero-order valence-electron chi connectivity index (χ0n) is 16.9. The number of H-pyrrole nitrogens is 1. The Morgan fingerprint density at radius 2 is 1.73 bits per heavy atom. The second-order valence-electron chi connectivity index (χ2n) is 8.05. The number of carbonyl (C=O) groups is 1. The van der Waals surface area contributed by atoms with Gasteiger partial charge >= 0.3 is 0 Å². The monoisotopic (exact) mass is 465 g/mol. The summed E-state index contributed by atoms with van der Waals surface area (Å²) in [6.45, 7) is 0. The highest BCUT2D eigenvalue weighted by atomic mass is 79.9. The molecule has 2 heterocycles. The van der Waals surface area contributed by atoms with Gasteiger partial charge in [-0.25, -0.2) is 0 Å². The number of hydrogen-bond donors (Lipinski definition) is 1. The SMILES string of the molecule is COc1ccc(-c2n[nH]c3c2C(c2ccc(Br)cc2)N(C2CCCCC2)C3=O)cc1. The zero-order chi connectivity index (χ0) is 20.7. The fourth-order valence-corrected chi connectivity index (χ4v) is 5.11. The number of aromatic nitrogens is 2. The van der Waals surface area contributed by atoms with Crippen molar-refractivity contribution in [1.29, 1.82) is 0 Å². The van der Waals surface area contributed by atoms with Crippen molar-refractivity contribution < 1.29 is 9.53 Å². The molecule has 1 atom stereocenters. The number of rotatable bonds is 4. The van der Waals surface area contributed by atoms with Gasteiger partial charge in [0.05, 0.1) is 18.8 Å². The Bertz CT molecular complexity index is 1050. The van der Waals surface area contributed by atoms with E-state index in [0.29, 0.717) is 5.69 Å². The number of halogens is 1. The van der Waals surface area contributed by atoms with Gasteiger partial charge in [-0.15, -0.1) is 0 Å². The minimum absolute atomic E-state index is 0.0667. The third kappa shape index (κ3) is 3.23. The molecule has 0 radical (unpaired) electrons. The summed E-state index contributed by atoms with van der Waals surface area (Å²) in [5, 5.41) is 7.63. The second kappa shape index (κ2) is 7.91. The third-order valence-electron chi connectivity index (χ3n) is 6.32. The van der Waals surface area contributed by atoms with Crippen LogP contribution in [0.25, 0.3) is 11.3 Å². The van der Waals surface area contributed by atoms with E-state index >= 15 is 0 Å². The average Bonchev–Trinajstić information content (AvgIpc) is 3.34. The fourth-order valence-electron chi connectivity index (χ4n) is 4.84. The van der Waals surface area contributed by atoms with Gasteiger partial charge in [-0.1, -0.05) is 47.3 Å². The van der Waals surface area contributed by atoms with E-state index in [9.17, 15) is 4.79 Å². The highest BCUT2D eigenvalue weighted by Gasteiger charge is 2.45. The molecule has 2 aliphatic rings. The molecule has 3 aromatic rings. The predicted molar refractivity (Wildman–Crippen MR) is 120 cm³/mol. The van der Waals surface area contributed by atoms with E-state index in [4.69, 9.17) is 4.74 Å². The van der Waals surface area contributed by atoms with Crippen LogP contribution in [0.1, 0.15) is 59.8 Å². The molecule has 30 heavy (non-hydrogen) atoms. The molecule has 6 heteroatoms. The lowest BCUT2D eigenvalue weighted by Gasteiger charge is -2.36. The molecule has 1 fully saturated rings. The maximum absolute atomic E-state index is 13.5. The summed E-state index contributed by atoms with van der Waals surface area (Å²) in [5.74, 6) is 0.868. The van der Waals surface area contributed by atoms with E-state index < -0.39 is 0 Å². The Morgan fingerprint density at radius 1 is 1.03 bits per heavy atom. The minimum atomic E-state index is -0.125. The van der Waals surface area contributed by atoms with E-state index in [1.165, 1.54) is 19.3 Å². The normalized spacial score (nSPS) is 19.2. The second-order valence-corrected chi connectivity index (χ2v) is 8.96. The molecule has 1 saturated carbocycles. The van der Waals surface area contributed by atoms with Crippen molar-refractivity contribution in [3.8, 4) is 17.0 Å². The topological polar surface area (TPSA) is 58.2 Å². The number of nitrogens with zero attached hydrogens (tertiary/aromatic N) is 2. The summed E-state index contributed by atoms with van der Waals surface area (Å²) in [7, 11) is 1.66. The lowest BCUT2D eigenvalue weighted by Crippen LogP contribution is -2.40. The Labute approximate surface area is 184 Å². The lowest BCUT2D eigenvalue weighted by atomic mass is 9.91. The standard InChI is InChI=1S/C24H24BrN3O2/c1-30-19-13-9-15(10-14-19)21-20-22(27-26-21)24(29)28(18-5-3-2-4-6-18)23(20)16-7-11-17(25)12-8-16/h7-14,18,23H,2-6H2,1H3,(H,26,27). The first kappa shape index (κ1) is 19.4. The molecule has 0 spiro atoms. The van der Waals surface area contributed by atoms with E-state index in [2.05, 4.69) is 43.2 Å². The molecule has 5 nitrogen and oxygen atoms in total. The van der Waals surface area contributed by atoms with Crippen molar-refractivity contribution in [2.24, 2.45) is 0 Å². The maximum Gasteiger partial charge on any atom is 0.273 e. The van der Waals surface area contributed by atoms with E-state index in [-0.39, 0.29) is 18.0 Å². The minimum Gasteiger partial charge on any atom is -0.497 e. The summed E-state index contributed by atoms with van der Waals surface area (Å²) in [6, 6.07) is 16.3. The zero-order valence-corrected chi connectivity index (χ0v) is 18.5. The van der Waals surface area contributed by atoms with Crippen molar-refractivity contribution >= 4 is 21.8 Å². The predicted octanol–water partition coefficient (Wildman–Crippen LogP) is 5.73. The molecule has 0 saturated heterocycles. The van der Waals surface area contributed by atoms with Crippen LogP contribution in [0.2, 0.25) is 0 Å². The van der Waals surface area contributed by atoms with Gasteiger partial charge in [0.1, 0.15) is 11.4 Å². The number of benzene rings is 2. The van der Waals surface area contributed by atoms with Gasteiger partial charge in [-0.3, -0.25) is 9.89 Å². The average molecular weight is 466 g/mol. The molecule has 1 amide bonds. The smallest absolute Gasteiger partial charge is 0.273 e. The number of amides is 1. The molecule has 1 aromatic heterocycles. The van der Waals surface area contributed by atoms with Crippen LogP contribution in [0.4, 0.5) is 0 Å². The van der Waals surface area contributed by atoms with Crippen LogP contribution in [0.15, 0.2) is 53.0 Å². The number of nitrogens with one attached hydrogen (secondary N) is 1. The highest BCUT2D eigenvalue weighted by Crippen LogP contribution is 2.45. The number of ether oxygens (including phenoxy) is 1. The first-order valence-corrected chi connectivity index (χ1v) is 11.3. The molecule has 1 aliphatic carbocycles. The van der Waals surface area contributed by atoms with E-state index in [1.54, 1.807) is 7.11 Å². The van der Waals surface area contributed by atoms with Crippen LogP contribution in [-0.4, -0.2) is 34.2 Å². The molecule has 154 valence electrons. The molecule has 2 aromatic carbocycles. The highest BCUT2D eigenvalue weighted by molar-refractivity contribution is 9.10. The summed E-state index contributed by atoms with van der Waals surface area (Å²) >= 11 is 3.54. The lowest BCUT2D eigenvalue weighted by molar-refractivity contribution is 0.0606. The van der Waals surface area contributed by atoms with Gasteiger partial charge in [0.25, 0.3) is 5.91 Å². The summed E-state index contributed by atoms with van der Waals surface area (Å²) in [5.41, 5.74) is 4.55. The molecule has 0 bridgehead atoms. The Kier molecular flexibility index (Phi) is 5.11. The first-order valence-electron chi connectivity index (χ1n) is 10.5. The van der Waals surface area contributed by atoms with Crippen LogP contribution in [0.3, 0.4) is 0 Å². The Balaban J connectivity index is 1.63. The van der Waals surface area contributed by atoms with Gasteiger partial charge in [0, 0.05) is 21.6 Å². The fraction of sp³-hybridized carbons (Fsp3) is 0.333. The third-order valence-corrected chi connectivity index (χ3v) is 6.85. The van der Waals surface area contributed by atoms with Crippen LogP contribution in [0.5, 0.6) is 5.75 Å². The number of carbonyl (C=O) groups excluding carboxylic acids is 1. The van der Waals surface area contributed by atoms with Gasteiger partial charge in [0.2, 0.25) is 0 Å². The van der Waals surface area contributed by atoms with Crippen molar-refractivity contribution in [2.45, 2.75) is 44.2 Å². The first-order chi connectivity index (χ1) is 14.7. The van der Waals surface area contributed by atoms with Gasteiger partial charge in [-0.05, 0) is 54.8 Å². The molecule has 5 rings (SSSR count). The van der Waals surface area contributed by atoms with Crippen molar-refractivity contribution in [2.75, 3.05) is 7.11 Å². The van der Waals surface area contributed by atoms with Crippen molar-refractivity contribution in [1.82, 2.24) is 15.1 Å². The van der Waals surface area contributed by atoms with Crippen molar-refractivity contribution in [3.63, 3.8) is 0 Å². The Morgan fingerprint density at radius 3 is 2.40 bits per heavy atom. The van der Waals surface area contributed by atoms with Crippen LogP contribution in [-0.2, 0) is 0 Å². The van der Waals surface area contributed by atoms with Crippen LogP contribution >= 0.6 is 15.9 Å². The van der Waals surface area contributed by atoms with E-state index in [1.807, 2.05) is 36.4 Å². The molecule has 1 N–H and O–H groups in total. The number of methoxy groups -OCH3 is 1. The molecule has 1 aliphatic heterocycles. The summed E-state index contributed by atoms with van der Waals surface area (Å²) in [4.78, 5) is 15.6. The molecule has 1 unspecified atom stereocenters. The number of aromatic amines is 1. The Hall–Kier alpha value is -2.60. The van der Waals surface area contributed by atoms with Gasteiger partial charge < -0.3 is 9.64 Å². The van der Waals surface area contributed by atoms with Crippen LogP contribution < -0.4 is 4.74 Å². The quantitative estimate of drug-likeness (QED) is 0.535. The van der Waals surface area contributed by atoms with Crippen LogP contribution in [0, 0.1) is 0 Å². The number of fused-ring (bicyclic) bond motifs is 1.